The van der Waals surface area contributed by atoms with Gasteiger partial charge in [-0.1, -0.05) is 34.6 Å². The molecule has 0 aromatic carbocycles. The van der Waals surface area contributed by atoms with Crippen molar-refractivity contribution in [1.29, 1.82) is 0 Å². The van der Waals surface area contributed by atoms with Gasteiger partial charge in [-0.3, -0.25) is 4.79 Å². The molecule has 0 spiro atoms. The molecule has 1 heterocycles. The molecular weight excluding hydrogens is 462 g/mol. The maximum absolute atomic E-state index is 11.2. The Kier molecular flexibility index (Phi) is 20.2. The summed E-state index contributed by atoms with van der Waals surface area (Å²) < 4.78 is 0. The fraction of sp³-hybridized carbons (Fsp3) is 0.611. The first kappa shape index (κ1) is 26.8. The number of carbonyl (C=O) groups excluding carboxylic acids is 2. The molecule has 1 N–H and O–H groups in total. The van der Waals surface area contributed by atoms with Gasteiger partial charge < -0.3 is 15.0 Å². The summed E-state index contributed by atoms with van der Waals surface area (Å²) in [5.74, 6) is -0.0293. The van der Waals surface area contributed by atoms with E-state index >= 15 is 0 Å². The quantitative estimate of drug-likeness (QED) is 0.453. The molecule has 1 rings (SSSR count). The first-order valence-electron chi connectivity index (χ1n) is 8.23. The average molecular weight is 496 g/mol. The van der Waals surface area contributed by atoms with Crippen LogP contribution < -0.4 is 5.32 Å². The van der Waals surface area contributed by atoms with Crippen LogP contribution >= 0.6 is 0 Å². The zero-order valence-electron chi connectivity index (χ0n) is 15.6. The molecule has 0 saturated heterocycles. The molecule has 23 heavy (non-hydrogen) atoms. The van der Waals surface area contributed by atoms with E-state index in [4.69, 9.17) is 0 Å². The van der Waals surface area contributed by atoms with E-state index in [-0.39, 0.29) is 32.4 Å². The molecule has 0 fully saturated rings. The summed E-state index contributed by atoms with van der Waals surface area (Å²) >= 11 is 0. The molecule has 0 aromatic heterocycles. The second-order valence-electron chi connectivity index (χ2n) is 4.34. The summed E-state index contributed by atoms with van der Waals surface area (Å²) in [4.78, 5) is 24.5. The molecule has 1 radical (unpaired) electrons. The van der Waals surface area contributed by atoms with Crippen LogP contribution in [0.3, 0.4) is 0 Å². The molecule has 1 unspecified atom stereocenters. The Morgan fingerprint density at radius 2 is 1.91 bits per heavy atom. The third kappa shape index (κ3) is 9.63. The second-order valence-corrected chi connectivity index (χ2v) is 4.34. The van der Waals surface area contributed by atoms with Crippen LogP contribution in [0.1, 0.15) is 54.4 Å². The molecular formula is C18H33N2O2Re-. The van der Waals surface area contributed by atoms with Crippen molar-refractivity contribution in [3.63, 3.8) is 0 Å². The molecule has 4 nitrogen and oxygen atoms in total. The van der Waals surface area contributed by atoms with Gasteiger partial charge in [0.1, 0.15) is 6.29 Å². The molecule has 135 valence electrons. The van der Waals surface area contributed by atoms with Gasteiger partial charge in [0.15, 0.2) is 0 Å². The van der Waals surface area contributed by atoms with Gasteiger partial charge in [-0.25, -0.2) is 6.42 Å². The largest absolute Gasteiger partial charge is 0.452 e. The number of nitrogens with zero attached hydrogens (tertiary/aromatic N) is 1. The van der Waals surface area contributed by atoms with Crippen LogP contribution in [-0.4, -0.2) is 36.7 Å². The van der Waals surface area contributed by atoms with E-state index in [1.165, 1.54) is 5.57 Å². The third-order valence-corrected chi connectivity index (χ3v) is 3.14. The van der Waals surface area contributed by atoms with Gasteiger partial charge in [0.25, 0.3) is 0 Å². The summed E-state index contributed by atoms with van der Waals surface area (Å²) in [7, 11) is 1.61. The van der Waals surface area contributed by atoms with Crippen LogP contribution in [0, 0.1) is 6.42 Å². The van der Waals surface area contributed by atoms with E-state index in [1.807, 2.05) is 58.6 Å². The van der Waals surface area contributed by atoms with E-state index < -0.39 is 0 Å². The van der Waals surface area contributed by atoms with Crippen molar-refractivity contribution in [2.75, 3.05) is 13.6 Å². The van der Waals surface area contributed by atoms with E-state index in [0.29, 0.717) is 12.8 Å². The molecule has 5 heteroatoms. The van der Waals surface area contributed by atoms with Gasteiger partial charge in [-0.2, -0.15) is 5.57 Å². The van der Waals surface area contributed by atoms with Crippen LogP contribution in [0.25, 0.3) is 0 Å². The maximum Gasteiger partial charge on any atom is 0.219 e. The Balaban J connectivity index is -0.000000739. The van der Waals surface area contributed by atoms with Gasteiger partial charge in [0.2, 0.25) is 5.91 Å². The first-order valence-corrected chi connectivity index (χ1v) is 8.23. The Morgan fingerprint density at radius 3 is 2.35 bits per heavy atom. The summed E-state index contributed by atoms with van der Waals surface area (Å²) in [6.07, 6.45) is 7.93. The molecule has 0 saturated carbocycles. The Morgan fingerprint density at radius 1 is 1.35 bits per heavy atom. The van der Waals surface area contributed by atoms with Gasteiger partial charge in [-0.15, -0.1) is 17.8 Å². The topological polar surface area (TPSA) is 49.4 Å². The number of rotatable bonds is 6. The average Bonchev–Trinajstić information content (AvgIpc) is 2.93. The summed E-state index contributed by atoms with van der Waals surface area (Å²) in [5.41, 5.74) is 2.26. The Labute approximate surface area is 156 Å². The minimum atomic E-state index is -0.234. The maximum atomic E-state index is 11.2. The van der Waals surface area contributed by atoms with Gasteiger partial charge in [0, 0.05) is 33.9 Å². The summed E-state index contributed by atoms with van der Waals surface area (Å²) in [6, 6.07) is -0.234. The zero-order valence-corrected chi connectivity index (χ0v) is 18.4. The van der Waals surface area contributed by atoms with Crippen molar-refractivity contribution in [3.05, 3.63) is 29.8 Å². The third-order valence-electron chi connectivity index (χ3n) is 3.14. The van der Waals surface area contributed by atoms with Gasteiger partial charge in [-0.05, 0) is 19.9 Å². The van der Waals surface area contributed by atoms with Crippen molar-refractivity contribution in [3.8, 4) is 0 Å². The summed E-state index contributed by atoms with van der Waals surface area (Å²) in [5, 5.41) is 2.57. The number of nitrogens with one attached hydrogen (secondary N) is 1. The van der Waals surface area contributed by atoms with E-state index in [9.17, 15) is 9.59 Å². The van der Waals surface area contributed by atoms with E-state index in [2.05, 4.69) is 11.7 Å². The zero-order chi connectivity index (χ0) is 17.5. The Bertz CT molecular complexity index is 379. The first-order chi connectivity index (χ1) is 10.6. The van der Waals surface area contributed by atoms with Crippen LogP contribution in [0.5, 0.6) is 0 Å². The second kappa shape index (κ2) is 17.3. The fourth-order valence-electron chi connectivity index (χ4n) is 2.07. The molecule has 0 aliphatic carbocycles. The Hall–Kier alpha value is -1.05. The van der Waals surface area contributed by atoms with Crippen LogP contribution in [-0.2, 0) is 30.0 Å². The predicted octanol–water partition coefficient (Wildman–Crippen LogP) is 3.50. The van der Waals surface area contributed by atoms with E-state index in [0.717, 1.165) is 18.5 Å². The number of amides is 1. The van der Waals surface area contributed by atoms with Crippen molar-refractivity contribution in [2.45, 2.75) is 60.4 Å². The van der Waals surface area contributed by atoms with Gasteiger partial charge >= 0.3 is 0 Å². The van der Waals surface area contributed by atoms with Gasteiger partial charge in [0.05, 0.1) is 6.04 Å². The molecule has 1 aliphatic heterocycles. The molecule has 0 bridgehead atoms. The molecule has 0 aromatic rings. The number of allylic oxidation sites excluding steroid dienone is 2. The fourth-order valence-corrected chi connectivity index (χ4v) is 2.07. The molecule has 1 amide bonds. The van der Waals surface area contributed by atoms with Crippen LogP contribution in [0.4, 0.5) is 0 Å². The van der Waals surface area contributed by atoms with Crippen LogP contribution in [0.2, 0.25) is 0 Å². The minimum absolute atomic E-state index is 0. The minimum Gasteiger partial charge on any atom is -0.452 e. The van der Waals surface area contributed by atoms with Crippen molar-refractivity contribution in [1.82, 2.24) is 10.2 Å². The predicted molar refractivity (Wildman–Crippen MR) is 94.4 cm³/mol. The smallest absolute Gasteiger partial charge is 0.219 e. The normalized spacial score (nSPS) is 13.8. The van der Waals surface area contributed by atoms with Crippen molar-refractivity contribution < 1.29 is 30.0 Å². The van der Waals surface area contributed by atoms with Crippen LogP contribution in [0.15, 0.2) is 23.4 Å². The SMILES string of the molecule is C/C=C\C1=C(C)[CH-]CN1C(C=O)CCC(=O)NC.CC.CC.[Re]. The van der Waals surface area contributed by atoms with E-state index in [1.54, 1.807) is 7.05 Å². The molecule has 1 atom stereocenters. The number of carbonyl (C=O) groups is 2. The standard InChI is InChI=1S/C14H21N2O2.2C2H6.Re/c1-4-5-13-11(2)8-9-16(13)12(10-17)6-7-14(18)15-3;2*1-2;/h4-5,8,10,12H,6-7,9H2,1-3H3,(H,15,18);2*1-2H3;/q-1;;;/b5-4-;;;. The van der Waals surface area contributed by atoms with Crippen molar-refractivity contribution in [2.24, 2.45) is 0 Å². The number of aldehydes is 1. The number of hydrogen-bond acceptors (Lipinski definition) is 3. The number of hydrogen-bond donors (Lipinski definition) is 1. The summed E-state index contributed by atoms with van der Waals surface area (Å²) in [6.45, 7) is 12.7. The molecule has 1 aliphatic rings. The van der Waals surface area contributed by atoms with Crippen molar-refractivity contribution >= 4 is 12.2 Å². The monoisotopic (exact) mass is 496 g/mol.